The van der Waals surface area contributed by atoms with E-state index in [-0.39, 0.29) is 12.5 Å². The lowest BCUT2D eigenvalue weighted by molar-refractivity contribution is -0.132. The quantitative estimate of drug-likeness (QED) is 0.479. The van der Waals surface area contributed by atoms with E-state index in [1.165, 1.54) is 10.5 Å². The van der Waals surface area contributed by atoms with Crippen LogP contribution in [-0.4, -0.2) is 54.3 Å². The van der Waals surface area contributed by atoms with Crippen LogP contribution in [0.25, 0.3) is 0 Å². The molecule has 2 aliphatic heterocycles. The second-order valence-corrected chi connectivity index (χ2v) is 10.5. The third kappa shape index (κ3) is 5.91. The van der Waals surface area contributed by atoms with Crippen molar-refractivity contribution in [3.8, 4) is 0 Å². The topological polar surface area (TPSA) is 94.1 Å². The largest absolute Gasteiger partial charge is 0.341 e. The number of piperidine rings is 1. The van der Waals surface area contributed by atoms with E-state index in [0.29, 0.717) is 36.1 Å². The number of fused-ring (bicyclic) bond motifs is 1. The van der Waals surface area contributed by atoms with Crippen molar-refractivity contribution in [2.24, 2.45) is 4.99 Å². The lowest BCUT2D eigenvalue weighted by Gasteiger charge is -2.34. The van der Waals surface area contributed by atoms with E-state index in [1.807, 2.05) is 80.3 Å². The number of urea groups is 1. The molecule has 0 spiro atoms. The molecular formula is C32H35N5O3. The minimum Gasteiger partial charge on any atom is -0.341 e. The van der Waals surface area contributed by atoms with E-state index < -0.39 is 18.1 Å². The third-order valence-corrected chi connectivity index (χ3v) is 7.68. The zero-order chi connectivity index (χ0) is 28.2. The van der Waals surface area contributed by atoms with Gasteiger partial charge in [-0.1, -0.05) is 60.7 Å². The second kappa shape index (κ2) is 11.7. The van der Waals surface area contributed by atoms with E-state index in [2.05, 4.69) is 27.8 Å². The molecule has 1 unspecified atom stereocenters. The maximum atomic E-state index is 13.9. The van der Waals surface area contributed by atoms with Gasteiger partial charge in [0, 0.05) is 30.1 Å². The normalized spacial score (nSPS) is 17.5. The number of likely N-dealkylation sites (tertiary alicyclic amines) is 1. The van der Waals surface area contributed by atoms with Gasteiger partial charge in [0.15, 0.2) is 0 Å². The minimum absolute atomic E-state index is 0.114. The lowest BCUT2D eigenvalue weighted by atomic mass is 9.89. The number of carbonyl (C=O) groups excluding carboxylic acids is 3. The number of hydrogen-bond donors (Lipinski definition) is 2. The Bertz CT molecular complexity index is 1440. The Morgan fingerprint density at radius 1 is 0.925 bits per heavy atom. The lowest BCUT2D eigenvalue weighted by Crippen LogP contribution is -2.52. The number of para-hydroxylation sites is 1. The van der Waals surface area contributed by atoms with Gasteiger partial charge in [0.1, 0.15) is 6.54 Å². The highest BCUT2D eigenvalue weighted by Gasteiger charge is 2.35. The molecule has 5 rings (SSSR count). The van der Waals surface area contributed by atoms with E-state index >= 15 is 0 Å². The molecule has 2 N–H and O–H groups in total. The van der Waals surface area contributed by atoms with Crippen LogP contribution in [0.1, 0.15) is 47.9 Å². The molecule has 3 aromatic rings. The summed E-state index contributed by atoms with van der Waals surface area (Å²) < 4.78 is 0. The number of aryl methyl sites for hydroxylation is 2. The number of carbonyl (C=O) groups is 3. The summed E-state index contributed by atoms with van der Waals surface area (Å²) in [4.78, 5) is 48.3. The molecule has 2 heterocycles. The number of anilines is 2. The van der Waals surface area contributed by atoms with Crippen molar-refractivity contribution in [3.63, 3.8) is 0 Å². The van der Waals surface area contributed by atoms with Crippen molar-refractivity contribution in [1.82, 2.24) is 10.2 Å². The van der Waals surface area contributed by atoms with Gasteiger partial charge in [-0.25, -0.2) is 4.79 Å². The first-order valence-electron chi connectivity index (χ1n) is 13.7. The average Bonchev–Trinajstić information content (AvgIpc) is 3.04. The number of hydrogen-bond acceptors (Lipinski definition) is 4. The first kappa shape index (κ1) is 27.1. The molecule has 3 aromatic carbocycles. The summed E-state index contributed by atoms with van der Waals surface area (Å²) in [6.07, 6.45) is 0.587. The summed E-state index contributed by atoms with van der Waals surface area (Å²) in [6.45, 7) is 6.82. The molecule has 0 bridgehead atoms. The molecule has 8 nitrogen and oxygen atoms in total. The number of rotatable bonds is 5. The number of benzodiazepines with no additional fused rings is 1. The highest BCUT2D eigenvalue weighted by atomic mass is 16.2. The van der Waals surface area contributed by atoms with Crippen molar-refractivity contribution in [2.45, 2.75) is 45.7 Å². The number of amides is 4. The maximum Gasteiger partial charge on any atom is 0.321 e. The Balaban J connectivity index is 1.34. The summed E-state index contributed by atoms with van der Waals surface area (Å²) in [5.74, 6) is -0.138. The molecule has 1 saturated heterocycles. The summed E-state index contributed by atoms with van der Waals surface area (Å²) in [5, 5.41) is 5.49. The average molecular weight is 538 g/mol. The van der Waals surface area contributed by atoms with Crippen LogP contribution in [0.2, 0.25) is 0 Å². The standard InChI is InChI=1S/C32H35N5O3/c1-21-9-7-13-26(19-21)34-32(40)35-30-31(39)37(29-22(2)10-8-14-27(29)23(3)33-30)20-28(38)36-17-15-25(16-18-36)24-11-5-4-6-12-24/h4-14,19,25,30H,15-18,20H2,1-3H3,(H2,34,35,40). The SMILES string of the molecule is CC1=NC(NC(=O)Nc2cccc(C)c2)C(=O)N(CC(=O)N2CCC(c3ccccc3)CC2)c2c(C)cccc21. The zero-order valence-electron chi connectivity index (χ0n) is 23.2. The van der Waals surface area contributed by atoms with Crippen LogP contribution in [0.15, 0.2) is 77.8 Å². The number of aliphatic imine (C=N–C) groups is 1. The van der Waals surface area contributed by atoms with Gasteiger partial charge in [0.05, 0.1) is 5.69 Å². The predicted molar refractivity (Wildman–Crippen MR) is 158 cm³/mol. The summed E-state index contributed by atoms with van der Waals surface area (Å²) in [6, 6.07) is 23.0. The van der Waals surface area contributed by atoms with Crippen molar-refractivity contribution < 1.29 is 14.4 Å². The van der Waals surface area contributed by atoms with Gasteiger partial charge >= 0.3 is 6.03 Å². The second-order valence-electron chi connectivity index (χ2n) is 10.5. The van der Waals surface area contributed by atoms with Gasteiger partial charge in [-0.05, 0) is 68.4 Å². The fraction of sp³-hybridized carbons (Fsp3) is 0.312. The number of nitrogens with zero attached hydrogens (tertiary/aromatic N) is 3. The monoisotopic (exact) mass is 537 g/mol. The molecule has 1 fully saturated rings. The first-order valence-corrected chi connectivity index (χ1v) is 13.7. The van der Waals surface area contributed by atoms with Gasteiger partial charge in [0.25, 0.3) is 5.91 Å². The van der Waals surface area contributed by atoms with Crippen LogP contribution in [-0.2, 0) is 9.59 Å². The van der Waals surface area contributed by atoms with E-state index in [1.54, 1.807) is 6.07 Å². The van der Waals surface area contributed by atoms with Crippen LogP contribution >= 0.6 is 0 Å². The molecule has 2 aliphatic rings. The molecule has 206 valence electrons. The molecule has 1 atom stereocenters. The number of benzene rings is 3. The maximum absolute atomic E-state index is 13.9. The summed E-state index contributed by atoms with van der Waals surface area (Å²) in [5.41, 5.74) is 5.82. The molecule has 0 saturated carbocycles. The highest BCUT2D eigenvalue weighted by Crippen LogP contribution is 2.31. The van der Waals surface area contributed by atoms with Gasteiger partial charge in [0.2, 0.25) is 12.1 Å². The molecule has 0 aromatic heterocycles. The van der Waals surface area contributed by atoms with Crippen LogP contribution < -0.4 is 15.5 Å². The van der Waals surface area contributed by atoms with Crippen LogP contribution in [0, 0.1) is 13.8 Å². The number of nitrogens with one attached hydrogen (secondary N) is 2. The van der Waals surface area contributed by atoms with E-state index in [0.717, 1.165) is 29.5 Å². The Morgan fingerprint density at radius 3 is 2.38 bits per heavy atom. The zero-order valence-corrected chi connectivity index (χ0v) is 23.2. The fourth-order valence-electron chi connectivity index (χ4n) is 5.57. The Morgan fingerprint density at radius 2 is 1.65 bits per heavy atom. The Kier molecular flexibility index (Phi) is 7.96. The molecule has 40 heavy (non-hydrogen) atoms. The molecular weight excluding hydrogens is 502 g/mol. The molecule has 0 aliphatic carbocycles. The smallest absolute Gasteiger partial charge is 0.321 e. The molecule has 0 radical (unpaired) electrons. The van der Waals surface area contributed by atoms with Crippen molar-refractivity contribution in [2.75, 3.05) is 29.9 Å². The van der Waals surface area contributed by atoms with Gasteiger partial charge in [-0.15, -0.1) is 0 Å². The highest BCUT2D eigenvalue weighted by molar-refractivity contribution is 6.14. The van der Waals surface area contributed by atoms with E-state index in [4.69, 9.17) is 0 Å². The minimum atomic E-state index is -1.17. The van der Waals surface area contributed by atoms with Crippen LogP contribution in [0.4, 0.5) is 16.2 Å². The molecule has 8 heteroatoms. The van der Waals surface area contributed by atoms with Gasteiger partial charge in [-0.3, -0.25) is 19.5 Å². The van der Waals surface area contributed by atoms with Crippen LogP contribution in [0.5, 0.6) is 0 Å². The third-order valence-electron chi connectivity index (χ3n) is 7.68. The molecule has 4 amide bonds. The summed E-state index contributed by atoms with van der Waals surface area (Å²) in [7, 11) is 0. The summed E-state index contributed by atoms with van der Waals surface area (Å²) >= 11 is 0. The Labute approximate surface area is 235 Å². The Hall–Kier alpha value is -4.46. The first-order chi connectivity index (χ1) is 19.3. The van der Waals surface area contributed by atoms with Gasteiger partial charge < -0.3 is 15.5 Å². The predicted octanol–water partition coefficient (Wildman–Crippen LogP) is 5.01. The van der Waals surface area contributed by atoms with Crippen LogP contribution in [0.3, 0.4) is 0 Å². The fourth-order valence-corrected chi connectivity index (χ4v) is 5.57. The van der Waals surface area contributed by atoms with Crippen molar-refractivity contribution in [1.29, 1.82) is 0 Å². The van der Waals surface area contributed by atoms with Crippen molar-refractivity contribution in [3.05, 3.63) is 95.1 Å². The van der Waals surface area contributed by atoms with Crippen molar-refractivity contribution >= 4 is 34.9 Å². The van der Waals surface area contributed by atoms with E-state index in [9.17, 15) is 14.4 Å². The van der Waals surface area contributed by atoms with Gasteiger partial charge in [-0.2, -0.15) is 0 Å².